The number of hydrogen-bond donors (Lipinski definition) is 0. The lowest BCUT2D eigenvalue weighted by Crippen LogP contribution is -2.41. The highest BCUT2D eigenvalue weighted by molar-refractivity contribution is 5.81. The fraction of sp³-hybridized carbons (Fsp3) is 0.259. The highest BCUT2D eigenvalue weighted by Gasteiger charge is 2.28. The first-order valence-corrected chi connectivity index (χ1v) is 12.0. The third-order valence-corrected chi connectivity index (χ3v) is 6.62. The number of amides is 1. The molecule has 1 unspecified atom stereocenters. The number of aromatic nitrogens is 5. The van der Waals surface area contributed by atoms with Gasteiger partial charge in [0.2, 0.25) is 5.91 Å². The van der Waals surface area contributed by atoms with Crippen molar-refractivity contribution in [2.75, 3.05) is 13.1 Å². The summed E-state index contributed by atoms with van der Waals surface area (Å²) in [5.74, 6) is 2.67. The van der Waals surface area contributed by atoms with Gasteiger partial charge in [-0.2, -0.15) is 0 Å². The van der Waals surface area contributed by atoms with E-state index in [4.69, 9.17) is 9.72 Å². The van der Waals surface area contributed by atoms with Crippen LogP contribution in [0, 0.1) is 0 Å². The van der Waals surface area contributed by atoms with Gasteiger partial charge in [0, 0.05) is 25.2 Å². The third-order valence-electron chi connectivity index (χ3n) is 6.62. The molecule has 2 aromatic carbocycles. The highest BCUT2D eigenvalue weighted by atomic mass is 16.5. The summed E-state index contributed by atoms with van der Waals surface area (Å²) in [5.41, 5.74) is 2.63. The molecule has 4 heterocycles. The van der Waals surface area contributed by atoms with Gasteiger partial charge in [0.25, 0.3) is 0 Å². The second kappa shape index (κ2) is 9.21. The Morgan fingerprint density at radius 3 is 2.71 bits per heavy atom. The normalized spacial score (nSPS) is 16.1. The number of para-hydroxylation sites is 3. The first-order chi connectivity index (χ1) is 17.3. The molecule has 1 aliphatic rings. The van der Waals surface area contributed by atoms with Crippen LogP contribution in [0.25, 0.3) is 16.7 Å². The van der Waals surface area contributed by atoms with E-state index in [0.29, 0.717) is 13.2 Å². The number of carbonyl (C=O) groups is 1. The Balaban J connectivity index is 1.22. The molecule has 8 heteroatoms. The van der Waals surface area contributed by atoms with E-state index in [-0.39, 0.29) is 18.4 Å². The van der Waals surface area contributed by atoms with Gasteiger partial charge in [-0.1, -0.05) is 36.4 Å². The number of nitrogens with zero attached hydrogens (tertiary/aromatic N) is 6. The predicted octanol–water partition coefficient (Wildman–Crippen LogP) is 4.06. The molecule has 0 radical (unpaired) electrons. The van der Waals surface area contributed by atoms with Gasteiger partial charge in [0.1, 0.15) is 30.5 Å². The molecule has 8 nitrogen and oxygen atoms in total. The molecular formula is C27H26N6O2. The summed E-state index contributed by atoms with van der Waals surface area (Å²) in [6, 6.07) is 23.5. The Morgan fingerprint density at radius 1 is 0.971 bits per heavy atom. The number of hydrogen-bond acceptors (Lipinski definition) is 5. The van der Waals surface area contributed by atoms with Crippen molar-refractivity contribution in [1.29, 1.82) is 0 Å². The molecule has 1 atom stereocenters. The number of piperidine rings is 1. The molecular weight excluding hydrogens is 440 g/mol. The standard InChI is InChI=1S/C27H26N6O2/c34-26(31-15-8-9-20(17-31)27-30-29-24-14-6-7-16-32(24)27)18-33-23-13-5-4-12-22(23)28-25(33)19-35-21-10-2-1-3-11-21/h1-7,10-14,16,20H,8-9,15,17-19H2. The molecule has 3 aromatic heterocycles. The number of likely N-dealkylation sites (tertiary alicyclic amines) is 1. The van der Waals surface area contributed by atoms with Crippen molar-refractivity contribution in [3.8, 4) is 5.75 Å². The first kappa shape index (κ1) is 21.3. The second-order valence-corrected chi connectivity index (χ2v) is 8.87. The smallest absolute Gasteiger partial charge is 0.242 e. The molecule has 35 heavy (non-hydrogen) atoms. The Kier molecular flexibility index (Phi) is 5.62. The lowest BCUT2D eigenvalue weighted by atomic mass is 9.97. The van der Waals surface area contributed by atoms with E-state index in [2.05, 4.69) is 10.2 Å². The molecule has 176 valence electrons. The van der Waals surface area contributed by atoms with Crippen LogP contribution in [0.4, 0.5) is 0 Å². The van der Waals surface area contributed by atoms with Crippen LogP contribution in [0.2, 0.25) is 0 Å². The predicted molar refractivity (Wildman–Crippen MR) is 132 cm³/mol. The van der Waals surface area contributed by atoms with Gasteiger partial charge >= 0.3 is 0 Å². The van der Waals surface area contributed by atoms with E-state index in [1.54, 1.807) is 0 Å². The van der Waals surface area contributed by atoms with Crippen molar-refractivity contribution in [1.82, 2.24) is 29.0 Å². The monoisotopic (exact) mass is 466 g/mol. The lowest BCUT2D eigenvalue weighted by molar-refractivity contribution is -0.133. The number of carbonyl (C=O) groups excluding carboxylic acids is 1. The number of imidazole rings is 1. The topological polar surface area (TPSA) is 77.6 Å². The first-order valence-electron chi connectivity index (χ1n) is 12.0. The van der Waals surface area contributed by atoms with Crippen LogP contribution >= 0.6 is 0 Å². The van der Waals surface area contributed by atoms with Gasteiger partial charge in [0.15, 0.2) is 5.65 Å². The van der Waals surface area contributed by atoms with Crippen molar-refractivity contribution >= 4 is 22.6 Å². The zero-order valence-electron chi connectivity index (χ0n) is 19.3. The summed E-state index contributed by atoms with van der Waals surface area (Å²) in [7, 11) is 0. The van der Waals surface area contributed by atoms with Crippen molar-refractivity contribution in [2.24, 2.45) is 0 Å². The molecule has 1 fully saturated rings. The van der Waals surface area contributed by atoms with Crippen LogP contribution in [0.1, 0.15) is 30.4 Å². The average Bonchev–Trinajstić information content (AvgIpc) is 3.50. The number of pyridine rings is 1. The maximum atomic E-state index is 13.5. The molecule has 1 amide bonds. The highest BCUT2D eigenvalue weighted by Crippen LogP contribution is 2.27. The van der Waals surface area contributed by atoms with Crippen molar-refractivity contribution in [3.63, 3.8) is 0 Å². The van der Waals surface area contributed by atoms with Crippen molar-refractivity contribution < 1.29 is 9.53 Å². The zero-order valence-corrected chi connectivity index (χ0v) is 19.3. The van der Waals surface area contributed by atoms with Crippen LogP contribution in [-0.4, -0.2) is 48.0 Å². The maximum absolute atomic E-state index is 13.5. The SMILES string of the molecule is O=C(Cn1c(COc2ccccc2)nc2ccccc21)N1CCCC(c2nnc3ccccn23)C1. The summed E-state index contributed by atoms with van der Waals surface area (Å²) in [5, 5.41) is 8.74. The average molecular weight is 467 g/mol. The minimum Gasteiger partial charge on any atom is -0.486 e. The van der Waals surface area contributed by atoms with Crippen LogP contribution in [0.15, 0.2) is 79.0 Å². The summed E-state index contributed by atoms with van der Waals surface area (Å²) in [6.45, 7) is 1.90. The Labute approximate surface area is 202 Å². The molecule has 0 spiro atoms. The maximum Gasteiger partial charge on any atom is 0.242 e. The van der Waals surface area contributed by atoms with Crippen LogP contribution in [0.3, 0.4) is 0 Å². The molecule has 1 aliphatic heterocycles. The number of rotatable bonds is 6. The van der Waals surface area contributed by atoms with Gasteiger partial charge in [0.05, 0.1) is 11.0 Å². The van der Waals surface area contributed by atoms with Crippen LogP contribution in [0.5, 0.6) is 5.75 Å². The summed E-state index contributed by atoms with van der Waals surface area (Å²) in [6.07, 6.45) is 3.92. The van der Waals surface area contributed by atoms with Crippen molar-refractivity contribution in [2.45, 2.75) is 31.9 Å². The Bertz CT molecular complexity index is 1480. The molecule has 0 aliphatic carbocycles. The largest absolute Gasteiger partial charge is 0.486 e. The van der Waals surface area contributed by atoms with Gasteiger partial charge in [-0.25, -0.2) is 4.98 Å². The molecule has 0 N–H and O–H groups in total. The fourth-order valence-electron chi connectivity index (χ4n) is 4.86. The second-order valence-electron chi connectivity index (χ2n) is 8.87. The summed E-state index contributed by atoms with van der Waals surface area (Å²) < 4.78 is 9.98. The van der Waals surface area contributed by atoms with Gasteiger partial charge in [-0.05, 0) is 49.2 Å². The lowest BCUT2D eigenvalue weighted by Gasteiger charge is -2.32. The Hall–Kier alpha value is -4.20. The van der Waals surface area contributed by atoms with E-state index >= 15 is 0 Å². The third kappa shape index (κ3) is 4.23. The van der Waals surface area contributed by atoms with Crippen LogP contribution < -0.4 is 4.74 Å². The molecule has 1 saturated heterocycles. The van der Waals surface area contributed by atoms with Gasteiger partial charge in [-0.3, -0.25) is 9.20 Å². The quantitative estimate of drug-likeness (QED) is 0.377. The van der Waals surface area contributed by atoms with Gasteiger partial charge in [-0.15, -0.1) is 10.2 Å². The minimum atomic E-state index is 0.0765. The number of benzene rings is 2. The summed E-state index contributed by atoms with van der Waals surface area (Å²) in [4.78, 5) is 20.2. The van der Waals surface area contributed by atoms with E-state index in [0.717, 1.165) is 53.5 Å². The van der Waals surface area contributed by atoms with Crippen LogP contribution in [-0.2, 0) is 17.9 Å². The summed E-state index contributed by atoms with van der Waals surface area (Å²) >= 11 is 0. The molecule has 0 saturated carbocycles. The number of ether oxygens (including phenoxy) is 1. The van der Waals surface area contributed by atoms with E-state index in [1.165, 1.54) is 0 Å². The number of fused-ring (bicyclic) bond motifs is 2. The molecule has 5 aromatic rings. The molecule has 0 bridgehead atoms. The van der Waals surface area contributed by atoms with Crippen molar-refractivity contribution in [3.05, 3.63) is 90.6 Å². The van der Waals surface area contributed by atoms with E-state index < -0.39 is 0 Å². The van der Waals surface area contributed by atoms with Gasteiger partial charge < -0.3 is 14.2 Å². The van der Waals surface area contributed by atoms with E-state index in [1.807, 2.05) is 92.9 Å². The Morgan fingerprint density at radius 2 is 1.80 bits per heavy atom. The van der Waals surface area contributed by atoms with E-state index in [9.17, 15) is 4.79 Å². The molecule has 6 rings (SSSR count). The minimum absolute atomic E-state index is 0.0765. The zero-order chi connectivity index (χ0) is 23.6. The fourth-order valence-corrected chi connectivity index (χ4v) is 4.86.